The normalized spacial score (nSPS) is 13.8. The van der Waals surface area contributed by atoms with Crippen molar-refractivity contribution in [2.24, 2.45) is 0 Å². The molecule has 2 aromatic rings. The van der Waals surface area contributed by atoms with E-state index in [-0.39, 0.29) is 10.8 Å². The van der Waals surface area contributed by atoms with Crippen LogP contribution in [-0.2, 0) is 19.1 Å². The lowest BCUT2D eigenvalue weighted by Gasteiger charge is -2.19. The monoisotopic (exact) mass is 420 g/mol. The van der Waals surface area contributed by atoms with Gasteiger partial charge in [-0.25, -0.2) is 4.79 Å². The number of esters is 1. The van der Waals surface area contributed by atoms with Gasteiger partial charge in [0.25, 0.3) is 0 Å². The summed E-state index contributed by atoms with van der Waals surface area (Å²) in [5.74, 6) is -2.42. The number of carboxylic acids is 1. The minimum atomic E-state index is -1.16. The molecule has 1 aromatic carbocycles. The molecule has 0 bridgehead atoms. The summed E-state index contributed by atoms with van der Waals surface area (Å²) in [7, 11) is 0. The van der Waals surface area contributed by atoms with Gasteiger partial charge in [0, 0.05) is 10.4 Å². The van der Waals surface area contributed by atoms with Crippen LogP contribution in [0.25, 0.3) is 0 Å². The van der Waals surface area contributed by atoms with Gasteiger partial charge in [-0.15, -0.1) is 11.3 Å². The number of carbonyl (C=O) groups is 3. The summed E-state index contributed by atoms with van der Waals surface area (Å²) in [6, 6.07) is 12.3. The molecule has 0 spiro atoms. The molecule has 0 saturated carbocycles. The summed E-state index contributed by atoms with van der Waals surface area (Å²) in [6.07, 6.45) is -2.01. The Labute approximate surface area is 172 Å². The van der Waals surface area contributed by atoms with E-state index >= 15 is 0 Å². The second-order valence-corrected chi connectivity index (χ2v) is 7.63. The Morgan fingerprint density at radius 3 is 2.21 bits per heavy atom. The highest BCUT2D eigenvalue weighted by Crippen LogP contribution is 2.28. The second kappa shape index (κ2) is 9.57. The summed E-state index contributed by atoms with van der Waals surface area (Å²) in [4.78, 5) is 36.9. The summed E-state index contributed by atoms with van der Waals surface area (Å²) in [5.41, 5.74) is 0.579. The molecule has 3 atom stereocenters. The first-order valence-electron chi connectivity index (χ1n) is 8.54. The fourth-order valence-corrected chi connectivity index (χ4v) is 3.40. The number of benzene rings is 1. The van der Waals surface area contributed by atoms with E-state index in [0.717, 1.165) is 0 Å². The first-order valence-corrected chi connectivity index (χ1v) is 9.76. The molecule has 0 saturated heterocycles. The molecule has 0 amide bonds. The number of hydrogen-bond donors (Lipinski definition) is 1. The van der Waals surface area contributed by atoms with Gasteiger partial charge in [-0.05, 0) is 45.1 Å². The van der Waals surface area contributed by atoms with E-state index in [1.807, 2.05) is 6.07 Å². The Balaban J connectivity index is 2.00. The van der Waals surface area contributed by atoms with Crippen molar-refractivity contribution in [3.63, 3.8) is 0 Å². The average Bonchev–Trinajstić information content (AvgIpc) is 3.17. The molecule has 148 valence electrons. The average molecular weight is 421 g/mol. The van der Waals surface area contributed by atoms with Crippen molar-refractivity contribution in [3.05, 3.63) is 57.8 Å². The van der Waals surface area contributed by atoms with Crippen LogP contribution < -0.4 is 0 Å². The van der Waals surface area contributed by atoms with E-state index in [2.05, 4.69) is 0 Å². The van der Waals surface area contributed by atoms with Gasteiger partial charge in [0.05, 0.1) is 10.8 Å². The Kier molecular flexibility index (Phi) is 7.42. The minimum Gasteiger partial charge on any atom is -0.479 e. The Morgan fingerprint density at radius 1 is 0.964 bits per heavy atom. The third-order valence-electron chi connectivity index (χ3n) is 3.93. The van der Waals surface area contributed by atoms with Gasteiger partial charge >= 0.3 is 11.9 Å². The number of ether oxygens (including phenoxy) is 2. The number of carbonyl (C=O) groups excluding carboxylic acids is 2. The fourth-order valence-electron chi connectivity index (χ4n) is 2.20. The highest BCUT2D eigenvalue weighted by molar-refractivity contribution is 7.80. The summed E-state index contributed by atoms with van der Waals surface area (Å²) in [6.45, 7) is 4.52. The van der Waals surface area contributed by atoms with Crippen LogP contribution in [0, 0.1) is 0 Å². The van der Waals surface area contributed by atoms with Crippen molar-refractivity contribution in [1.29, 1.82) is 0 Å². The van der Waals surface area contributed by atoms with Gasteiger partial charge in [0.1, 0.15) is 0 Å². The lowest BCUT2D eigenvalue weighted by molar-refractivity contribution is -0.148. The maximum Gasteiger partial charge on any atom is 0.344 e. The van der Waals surface area contributed by atoms with E-state index in [1.54, 1.807) is 43.3 Å². The zero-order valence-corrected chi connectivity index (χ0v) is 17.2. The van der Waals surface area contributed by atoms with Crippen LogP contribution in [0.4, 0.5) is 0 Å². The van der Waals surface area contributed by atoms with Gasteiger partial charge in [0.15, 0.2) is 12.2 Å². The third kappa shape index (κ3) is 5.46. The number of carboxylic acid groups (broad SMARTS) is 1. The molecule has 0 aliphatic rings. The van der Waals surface area contributed by atoms with Gasteiger partial charge in [-0.2, -0.15) is 0 Å². The van der Waals surface area contributed by atoms with E-state index in [0.29, 0.717) is 15.3 Å². The van der Waals surface area contributed by atoms with Crippen LogP contribution in [0.2, 0.25) is 0 Å². The van der Waals surface area contributed by atoms with Crippen LogP contribution in [0.1, 0.15) is 46.8 Å². The van der Waals surface area contributed by atoms with Gasteiger partial charge in [-0.1, -0.05) is 30.3 Å². The number of hydrogen-bond acceptors (Lipinski definition) is 7. The molecule has 6 nitrogen and oxygen atoms in total. The van der Waals surface area contributed by atoms with Crippen LogP contribution in [0.15, 0.2) is 42.5 Å². The molecule has 2 rings (SSSR count). The van der Waals surface area contributed by atoms with Gasteiger partial charge in [-0.3, -0.25) is 9.59 Å². The van der Waals surface area contributed by atoms with Crippen LogP contribution >= 0.6 is 23.6 Å². The molecule has 0 radical (unpaired) electrons. The maximum absolute atomic E-state index is 12.5. The summed E-state index contributed by atoms with van der Waals surface area (Å²) < 4.78 is 10.3. The minimum absolute atomic E-state index is 0.108. The number of thiocarbonyl (C=S) groups is 1. The molecular formula is C20H20O6S2. The van der Waals surface area contributed by atoms with Crippen molar-refractivity contribution in [2.75, 3.05) is 0 Å². The quantitative estimate of drug-likeness (QED) is 0.394. The Bertz CT molecular complexity index is 874. The van der Waals surface area contributed by atoms with E-state index in [9.17, 15) is 14.4 Å². The molecule has 28 heavy (non-hydrogen) atoms. The standard InChI is InChI=1S/C20H20O6S2/c1-11(19(24)25-13(3)20(27)26-12(2)18(22)23)15-9-10-16(28-15)17(21)14-7-5-4-6-8-14/h4-13H,1-3H3,(H,22,23). The maximum atomic E-state index is 12.5. The Hall–Kier alpha value is -2.58. The van der Waals surface area contributed by atoms with Crippen molar-refractivity contribution in [2.45, 2.75) is 38.9 Å². The smallest absolute Gasteiger partial charge is 0.344 e. The summed E-state index contributed by atoms with van der Waals surface area (Å²) >= 11 is 6.21. The molecule has 1 N–H and O–H groups in total. The highest BCUT2D eigenvalue weighted by atomic mass is 32.1. The molecule has 3 unspecified atom stereocenters. The third-order valence-corrected chi connectivity index (χ3v) is 5.63. The van der Waals surface area contributed by atoms with E-state index in [1.165, 1.54) is 25.2 Å². The van der Waals surface area contributed by atoms with Crippen LogP contribution in [-0.4, -0.2) is 40.1 Å². The number of ketones is 1. The predicted molar refractivity (Wildman–Crippen MR) is 109 cm³/mol. The largest absolute Gasteiger partial charge is 0.479 e. The molecule has 8 heteroatoms. The SMILES string of the molecule is CC(OC(=S)C(C)OC(=O)C(C)c1ccc(C(=O)c2ccccc2)s1)C(=O)O. The first kappa shape index (κ1) is 21.7. The fraction of sp³-hybridized carbons (Fsp3) is 0.300. The topological polar surface area (TPSA) is 89.9 Å². The zero-order valence-electron chi connectivity index (χ0n) is 15.6. The molecule has 1 aromatic heterocycles. The zero-order chi connectivity index (χ0) is 20.8. The molecule has 0 aliphatic carbocycles. The summed E-state index contributed by atoms with van der Waals surface area (Å²) in [5, 5.41) is 8.73. The van der Waals surface area contributed by atoms with Gasteiger partial charge in [0.2, 0.25) is 10.8 Å². The second-order valence-electron chi connectivity index (χ2n) is 6.12. The van der Waals surface area contributed by atoms with Crippen molar-refractivity contribution in [1.82, 2.24) is 0 Å². The lowest BCUT2D eigenvalue weighted by atomic mass is 10.1. The number of aliphatic carboxylic acids is 1. The van der Waals surface area contributed by atoms with Gasteiger partial charge < -0.3 is 14.6 Å². The molecule has 1 heterocycles. The van der Waals surface area contributed by atoms with Crippen LogP contribution in [0.5, 0.6) is 0 Å². The van der Waals surface area contributed by atoms with Crippen molar-refractivity contribution >= 4 is 46.3 Å². The Morgan fingerprint density at radius 2 is 1.61 bits per heavy atom. The lowest BCUT2D eigenvalue weighted by Crippen LogP contribution is -2.31. The van der Waals surface area contributed by atoms with Crippen molar-refractivity contribution in [3.8, 4) is 0 Å². The number of thiophene rings is 1. The van der Waals surface area contributed by atoms with E-state index in [4.69, 9.17) is 26.8 Å². The molecular weight excluding hydrogens is 400 g/mol. The molecule has 0 aliphatic heterocycles. The number of rotatable bonds is 8. The highest BCUT2D eigenvalue weighted by Gasteiger charge is 2.26. The van der Waals surface area contributed by atoms with Crippen molar-refractivity contribution < 1.29 is 29.0 Å². The van der Waals surface area contributed by atoms with E-state index < -0.39 is 30.1 Å². The van der Waals surface area contributed by atoms with Crippen LogP contribution in [0.3, 0.4) is 0 Å². The predicted octanol–water partition coefficient (Wildman–Crippen LogP) is 3.83. The molecule has 0 fully saturated rings. The first-order chi connectivity index (χ1) is 13.2.